The number of methoxy groups -OCH3 is 1. The fraction of sp³-hybridized carbons (Fsp3) is 0.571. The minimum Gasteiger partial charge on any atom is -0.490 e. The van der Waals surface area contributed by atoms with Crippen molar-refractivity contribution in [2.75, 3.05) is 44.5 Å². The molecule has 0 atom stereocenters. The topological polar surface area (TPSA) is 47.7 Å². The fourth-order valence-electron chi connectivity index (χ4n) is 1.78. The van der Waals surface area contributed by atoms with E-state index in [1.54, 1.807) is 13.2 Å². The van der Waals surface area contributed by atoms with E-state index in [-0.39, 0.29) is 5.75 Å². The van der Waals surface area contributed by atoms with Crippen molar-refractivity contribution in [1.82, 2.24) is 0 Å². The van der Waals surface area contributed by atoms with Crippen LogP contribution in [0.4, 0.5) is 15.8 Å². The summed E-state index contributed by atoms with van der Waals surface area (Å²) in [6.45, 7) is 3.95. The Labute approximate surface area is 114 Å². The number of rotatable bonds is 8. The molecule has 0 aliphatic carbocycles. The van der Waals surface area contributed by atoms with Gasteiger partial charge in [0.25, 0.3) is 0 Å². The lowest BCUT2D eigenvalue weighted by Gasteiger charge is -2.22. The second-order valence-corrected chi connectivity index (χ2v) is 4.46. The van der Waals surface area contributed by atoms with Crippen LogP contribution < -0.4 is 15.4 Å². The van der Waals surface area contributed by atoms with E-state index in [1.807, 2.05) is 18.9 Å². The second-order valence-electron chi connectivity index (χ2n) is 4.46. The van der Waals surface area contributed by atoms with Crippen LogP contribution in [-0.2, 0) is 4.74 Å². The van der Waals surface area contributed by atoms with Gasteiger partial charge in [0.1, 0.15) is 0 Å². The quantitative estimate of drug-likeness (QED) is 0.583. The van der Waals surface area contributed by atoms with Gasteiger partial charge in [-0.15, -0.1) is 0 Å². The molecule has 0 fully saturated rings. The Kier molecular flexibility index (Phi) is 6.42. The van der Waals surface area contributed by atoms with E-state index in [4.69, 9.17) is 15.2 Å². The Bertz CT molecular complexity index is 399. The Morgan fingerprint density at radius 3 is 2.68 bits per heavy atom. The summed E-state index contributed by atoms with van der Waals surface area (Å²) in [5.41, 5.74) is 7.05. The van der Waals surface area contributed by atoms with Crippen molar-refractivity contribution in [2.45, 2.75) is 19.8 Å². The number of nitrogens with two attached hydrogens (primary N) is 1. The first kappa shape index (κ1) is 15.6. The van der Waals surface area contributed by atoms with Crippen molar-refractivity contribution in [3.05, 3.63) is 17.9 Å². The molecule has 0 saturated carbocycles. The van der Waals surface area contributed by atoms with E-state index in [9.17, 15) is 4.39 Å². The summed E-state index contributed by atoms with van der Waals surface area (Å²) < 4.78 is 24.1. The third kappa shape index (κ3) is 4.59. The highest BCUT2D eigenvalue weighted by molar-refractivity contribution is 5.69. The van der Waals surface area contributed by atoms with Gasteiger partial charge in [0.15, 0.2) is 11.6 Å². The first-order valence-corrected chi connectivity index (χ1v) is 6.52. The van der Waals surface area contributed by atoms with Gasteiger partial charge in [-0.2, -0.15) is 0 Å². The minimum absolute atomic E-state index is 0.254. The van der Waals surface area contributed by atoms with E-state index in [1.165, 1.54) is 6.07 Å². The highest BCUT2D eigenvalue weighted by atomic mass is 19.1. The number of nitrogens with zero attached hydrogens (tertiary/aromatic N) is 1. The lowest BCUT2D eigenvalue weighted by molar-refractivity contribution is 0.196. The monoisotopic (exact) mass is 270 g/mol. The predicted octanol–water partition coefficient (Wildman–Crippen LogP) is 2.67. The molecule has 19 heavy (non-hydrogen) atoms. The molecule has 5 heteroatoms. The lowest BCUT2D eigenvalue weighted by atomic mass is 10.2. The normalized spacial score (nSPS) is 10.5. The zero-order valence-corrected chi connectivity index (χ0v) is 11.9. The molecule has 0 spiro atoms. The average molecular weight is 270 g/mol. The molecule has 0 aliphatic heterocycles. The van der Waals surface area contributed by atoms with Crippen LogP contribution in [-0.4, -0.2) is 33.9 Å². The first-order chi connectivity index (χ1) is 9.10. The summed E-state index contributed by atoms with van der Waals surface area (Å²) in [4.78, 5) is 1.98. The average Bonchev–Trinajstić information content (AvgIpc) is 2.38. The molecule has 1 rings (SSSR count). The lowest BCUT2D eigenvalue weighted by Crippen LogP contribution is -2.21. The summed E-state index contributed by atoms with van der Waals surface area (Å²) >= 11 is 0. The minimum atomic E-state index is -0.417. The fourth-order valence-corrected chi connectivity index (χ4v) is 1.78. The third-order valence-corrected chi connectivity index (χ3v) is 2.80. The van der Waals surface area contributed by atoms with Crippen molar-refractivity contribution in [3.8, 4) is 5.75 Å². The van der Waals surface area contributed by atoms with Crippen LogP contribution in [0.25, 0.3) is 0 Å². The molecular formula is C14H23FN2O2. The molecule has 0 unspecified atom stereocenters. The number of ether oxygens (including phenoxy) is 2. The van der Waals surface area contributed by atoms with Crippen molar-refractivity contribution in [3.63, 3.8) is 0 Å². The van der Waals surface area contributed by atoms with Gasteiger partial charge in [-0.3, -0.25) is 0 Å². The molecule has 1 aromatic carbocycles. The largest absolute Gasteiger partial charge is 0.490 e. The number of anilines is 2. The summed E-state index contributed by atoms with van der Waals surface area (Å²) in [5.74, 6) is -0.162. The molecular weight excluding hydrogens is 247 g/mol. The zero-order chi connectivity index (χ0) is 14.3. The highest BCUT2D eigenvalue weighted by Gasteiger charge is 2.12. The standard InChI is InChI=1S/C14H23FN2O2/c1-4-7-19-14-10-13(12(16)9-11(14)15)17(2)6-5-8-18-3/h9-10H,4-8,16H2,1-3H3. The molecule has 0 bridgehead atoms. The van der Waals surface area contributed by atoms with Gasteiger partial charge < -0.3 is 20.1 Å². The third-order valence-electron chi connectivity index (χ3n) is 2.80. The van der Waals surface area contributed by atoms with Crippen LogP contribution in [0.1, 0.15) is 19.8 Å². The second kappa shape index (κ2) is 7.84. The van der Waals surface area contributed by atoms with Gasteiger partial charge in [-0.25, -0.2) is 4.39 Å². The van der Waals surface area contributed by atoms with E-state index >= 15 is 0 Å². The zero-order valence-electron chi connectivity index (χ0n) is 11.9. The Hall–Kier alpha value is -1.49. The number of benzene rings is 1. The van der Waals surface area contributed by atoms with Crippen LogP contribution in [0.15, 0.2) is 12.1 Å². The van der Waals surface area contributed by atoms with Crippen molar-refractivity contribution in [2.24, 2.45) is 0 Å². The maximum absolute atomic E-state index is 13.7. The van der Waals surface area contributed by atoms with E-state index in [0.29, 0.717) is 18.9 Å². The number of halogens is 1. The Morgan fingerprint density at radius 1 is 1.32 bits per heavy atom. The SMILES string of the molecule is CCCOc1cc(N(C)CCCOC)c(N)cc1F. The highest BCUT2D eigenvalue weighted by Crippen LogP contribution is 2.30. The summed E-state index contributed by atoms with van der Waals surface area (Å²) in [5, 5.41) is 0. The van der Waals surface area contributed by atoms with Crippen molar-refractivity contribution < 1.29 is 13.9 Å². The molecule has 0 aliphatic rings. The number of nitrogen functional groups attached to an aromatic ring is 1. The van der Waals surface area contributed by atoms with Crippen LogP contribution in [0.2, 0.25) is 0 Å². The molecule has 0 heterocycles. The van der Waals surface area contributed by atoms with E-state index in [2.05, 4.69) is 0 Å². The maximum atomic E-state index is 13.7. The van der Waals surface area contributed by atoms with Gasteiger partial charge in [-0.1, -0.05) is 6.92 Å². The predicted molar refractivity (Wildman–Crippen MR) is 76.4 cm³/mol. The molecule has 1 aromatic rings. The smallest absolute Gasteiger partial charge is 0.167 e. The van der Waals surface area contributed by atoms with Gasteiger partial charge in [-0.05, 0) is 12.8 Å². The van der Waals surface area contributed by atoms with Crippen LogP contribution in [0, 0.1) is 5.82 Å². The molecule has 0 aromatic heterocycles. The van der Waals surface area contributed by atoms with E-state index in [0.717, 1.165) is 25.1 Å². The van der Waals surface area contributed by atoms with Crippen molar-refractivity contribution >= 4 is 11.4 Å². The summed E-state index contributed by atoms with van der Waals surface area (Å²) in [6.07, 6.45) is 1.72. The van der Waals surface area contributed by atoms with Crippen LogP contribution in [0.3, 0.4) is 0 Å². The number of hydrogen-bond acceptors (Lipinski definition) is 4. The Balaban J connectivity index is 2.80. The first-order valence-electron chi connectivity index (χ1n) is 6.52. The molecule has 0 amide bonds. The Morgan fingerprint density at radius 2 is 2.05 bits per heavy atom. The molecule has 108 valence electrons. The van der Waals surface area contributed by atoms with Gasteiger partial charge in [0.2, 0.25) is 0 Å². The van der Waals surface area contributed by atoms with Gasteiger partial charge >= 0.3 is 0 Å². The summed E-state index contributed by atoms with van der Waals surface area (Å²) in [7, 11) is 3.59. The summed E-state index contributed by atoms with van der Waals surface area (Å²) in [6, 6.07) is 2.97. The van der Waals surface area contributed by atoms with Gasteiger partial charge in [0, 0.05) is 39.4 Å². The van der Waals surface area contributed by atoms with Crippen molar-refractivity contribution in [1.29, 1.82) is 0 Å². The molecule has 0 saturated heterocycles. The number of hydrogen-bond donors (Lipinski definition) is 1. The van der Waals surface area contributed by atoms with Crippen LogP contribution in [0.5, 0.6) is 5.75 Å². The van der Waals surface area contributed by atoms with E-state index < -0.39 is 5.82 Å². The van der Waals surface area contributed by atoms with Gasteiger partial charge in [0.05, 0.1) is 18.0 Å². The molecule has 4 nitrogen and oxygen atoms in total. The van der Waals surface area contributed by atoms with Crippen LogP contribution >= 0.6 is 0 Å². The maximum Gasteiger partial charge on any atom is 0.167 e. The molecule has 0 radical (unpaired) electrons. The molecule has 2 N–H and O–H groups in total.